The highest BCUT2D eigenvalue weighted by Crippen LogP contribution is 2.46. The van der Waals surface area contributed by atoms with Crippen molar-refractivity contribution in [1.82, 2.24) is 4.31 Å². The molecule has 8 heteroatoms. The van der Waals surface area contributed by atoms with Crippen LogP contribution in [0.1, 0.15) is 31.2 Å². The first kappa shape index (κ1) is 18.6. The molecular formula is C17H22ClNO5S. The summed E-state index contributed by atoms with van der Waals surface area (Å²) in [6.07, 6.45) is 1.26. The number of aliphatic hydroxyl groups is 1. The second kappa shape index (κ2) is 6.54. The number of halogens is 1. The number of benzene rings is 1. The molecule has 1 aliphatic carbocycles. The Labute approximate surface area is 152 Å². The van der Waals surface area contributed by atoms with Crippen LogP contribution in [-0.2, 0) is 14.8 Å². The number of aliphatic hydroxyl groups excluding tert-OH is 1. The average molecular weight is 388 g/mol. The summed E-state index contributed by atoms with van der Waals surface area (Å²) >= 11 is 5.90. The van der Waals surface area contributed by atoms with E-state index in [4.69, 9.17) is 11.6 Å². The van der Waals surface area contributed by atoms with Gasteiger partial charge in [-0.2, -0.15) is 4.31 Å². The molecule has 2 N–H and O–H groups in total. The van der Waals surface area contributed by atoms with Gasteiger partial charge in [0.05, 0.1) is 11.0 Å². The number of hydrogen-bond donors (Lipinski definition) is 2. The zero-order valence-electron chi connectivity index (χ0n) is 14.0. The third kappa shape index (κ3) is 3.43. The van der Waals surface area contributed by atoms with Gasteiger partial charge in [-0.3, -0.25) is 4.79 Å². The van der Waals surface area contributed by atoms with Gasteiger partial charge >= 0.3 is 5.97 Å². The maximum Gasteiger partial charge on any atom is 0.313 e. The van der Waals surface area contributed by atoms with Crippen LogP contribution in [0.2, 0.25) is 5.02 Å². The van der Waals surface area contributed by atoms with Gasteiger partial charge in [-0.1, -0.05) is 24.4 Å². The maximum absolute atomic E-state index is 13.0. The van der Waals surface area contributed by atoms with Crippen LogP contribution in [0.5, 0.6) is 0 Å². The van der Waals surface area contributed by atoms with Crippen LogP contribution >= 0.6 is 11.6 Å². The number of aliphatic carboxylic acids is 1. The van der Waals surface area contributed by atoms with Crippen LogP contribution < -0.4 is 0 Å². The molecule has 1 aliphatic heterocycles. The fourth-order valence-corrected chi connectivity index (χ4v) is 5.58. The quantitative estimate of drug-likeness (QED) is 0.808. The highest BCUT2D eigenvalue weighted by Gasteiger charge is 2.53. The molecule has 3 rings (SSSR count). The lowest BCUT2D eigenvalue weighted by molar-refractivity contribution is -0.162. The minimum absolute atomic E-state index is 0.102. The van der Waals surface area contributed by atoms with Crippen molar-refractivity contribution < 1.29 is 23.4 Å². The molecule has 6 nitrogen and oxygen atoms in total. The third-order valence-corrected chi connectivity index (χ3v) is 7.52. The van der Waals surface area contributed by atoms with E-state index >= 15 is 0 Å². The molecule has 25 heavy (non-hydrogen) atoms. The molecule has 2 aliphatic rings. The van der Waals surface area contributed by atoms with E-state index in [2.05, 4.69) is 0 Å². The number of hydrogen-bond acceptors (Lipinski definition) is 4. The fraction of sp³-hybridized carbons (Fsp3) is 0.588. The number of carboxylic acids is 1. The smallest absolute Gasteiger partial charge is 0.313 e. The van der Waals surface area contributed by atoms with Crippen molar-refractivity contribution in [3.8, 4) is 0 Å². The van der Waals surface area contributed by atoms with E-state index in [9.17, 15) is 23.4 Å². The zero-order valence-corrected chi connectivity index (χ0v) is 15.6. The first-order valence-electron chi connectivity index (χ1n) is 8.34. The van der Waals surface area contributed by atoms with Gasteiger partial charge in [0.1, 0.15) is 5.41 Å². The van der Waals surface area contributed by atoms with Crippen molar-refractivity contribution >= 4 is 27.6 Å². The molecule has 0 unspecified atom stereocenters. The van der Waals surface area contributed by atoms with E-state index in [0.717, 1.165) is 12.8 Å². The number of nitrogens with zero attached hydrogens (tertiary/aromatic N) is 1. The minimum Gasteiger partial charge on any atom is -0.481 e. The Morgan fingerprint density at radius 3 is 2.60 bits per heavy atom. The summed E-state index contributed by atoms with van der Waals surface area (Å²) in [7, 11) is -3.85. The SMILES string of the molecule is Cc1cc(Cl)ccc1S(=O)(=O)N1CC[C@H](O)[C@@](CC2CC2)(C(=O)O)C1. The average Bonchev–Trinajstić information content (AvgIpc) is 3.32. The summed E-state index contributed by atoms with van der Waals surface area (Å²) in [5.74, 6) is -0.870. The minimum atomic E-state index is -3.85. The van der Waals surface area contributed by atoms with Gasteiger partial charge in [0.15, 0.2) is 0 Å². The van der Waals surface area contributed by atoms with E-state index < -0.39 is 27.5 Å². The molecular weight excluding hydrogens is 366 g/mol. The number of piperidine rings is 1. The molecule has 0 amide bonds. The van der Waals surface area contributed by atoms with Crippen molar-refractivity contribution in [2.45, 2.75) is 43.6 Å². The molecule has 0 spiro atoms. The summed E-state index contributed by atoms with van der Waals surface area (Å²) in [6, 6.07) is 4.53. The molecule has 1 heterocycles. The molecule has 1 saturated heterocycles. The van der Waals surface area contributed by atoms with Crippen LogP contribution in [0, 0.1) is 18.3 Å². The monoisotopic (exact) mass is 387 g/mol. The van der Waals surface area contributed by atoms with Crippen LogP contribution in [0.15, 0.2) is 23.1 Å². The van der Waals surface area contributed by atoms with Gasteiger partial charge in [-0.15, -0.1) is 0 Å². The van der Waals surface area contributed by atoms with E-state index in [1.165, 1.54) is 16.4 Å². The molecule has 1 aromatic rings. The summed E-state index contributed by atoms with van der Waals surface area (Å²) in [5, 5.41) is 20.6. The molecule has 138 valence electrons. The van der Waals surface area contributed by atoms with Crippen LogP contribution in [0.25, 0.3) is 0 Å². The normalized spacial score (nSPS) is 28.0. The second-order valence-electron chi connectivity index (χ2n) is 7.16. The van der Waals surface area contributed by atoms with Gasteiger partial charge < -0.3 is 10.2 Å². The van der Waals surface area contributed by atoms with E-state index in [1.807, 2.05) is 0 Å². The predicted molar refractivity (Wildman–Crippen MR) is 93.0 cm³/mol. The molecule has 0 aromatic heterocycles. The largest absolute Gasteiger partial charge is 0.481 e. The zero-order chi connectivity index (χ0) is 18.4. The Morgan fingerprint density at radius 1 is 1.36 bits per heavy atom. The van der Waals surface area contributed by atoms with Gasteiger partial charge in [0, 0.05) is 18.1 Å². The number of carbonyl (C=O) groups is 1. The van der Waals surface area contributed by atoms with E-state index in [-0.39, 0.29) is 30.3 Å². The van der Waals surface area contributed by atoms with Gasteiger partial charge in [-0.25, -0.2) is 8.42 Å². The Morgan fingerprint density at radius 2 is 2.04 bits per heavy atom. The summed E-state index contributed by atoms with van der Waals surface area (Å²) in [4.78, 5) is 12.1. The maximum atomic E-state index is 13.0. The van der Waals surface area contributed by atoms with Crippen molar-refractivity contribution in [1.29, 1.82) is 0 Å². The Kier molecular flexibility index (Phi) is 4.87. The van der Waals surface area contributed by atoms with Crippen molar-refractivity contribution in [2.75, 3.05) is 13.1 Å². The van der Waals surface area contributed by atoms with Crippen LogP contribution in [0.4, 0.5) is 0 Å². The van der Waals surface area contributed by atoms with E-state index in [0.29, 0.717) is 17.0 Å². The number of rotatable bonds is 5. The van der Waals surface area contributed by atoms with Gasteiger partial charge in [0.2, 0.25) is 10.0 Å². The van der Waals surface area contributed by atoms with Gasteiger partial charge in [-0.05, 0) is 49.4 Å². The van der Waals surface area contributed by atoms with Crippen LogP contribution in [-0.4, -0.2) is 48.1 Å². The predicted octanol–water partition coefficient (Wildman–Crippen LogP) is 2.27. The molecule has 1 aromatic carbocycles. The Balaban J connectivity index is 1.95. The number of aryl methyl sites for hydroxylation is 1. The van der Waals surface area contributed by atoms with Crippen molar-refractivity contribution in [3.63, 3.8) is 0 Å². The first-order chi connectivity index (χ1) is 11.7. The Bertz CT molecular complexity index is 792. The lowest BCUT2D eigenvalue weighted by Gasteiger charge is -2.43. The fourth-order valence-electron chi connectivity index (χ4n) is 3.62. The Hall–Kier alpha value is -1.15. The van der Waals surface area contributed by atoms with Crippen molar-refractivity contribution in [2.24, 2.45) is 11.3 Å². The summed E-state index contributed by atoms with van der Waals surface area (Å²) in [5.41, 5.74) is -0.922. The second-order valence-corrected chi connectivity index (χ2v) is 9.50. The number of sulfonamides is 1. The molecule has 2 fully saturated rings. The lowest BCUT2D eigenvalue weighted by Crippen LogP contribution is -2.57. The molecule has 2 atom stereocenters. The topological polar surface area (TPSA) is 94.9 Å². The third-order valence-electron chi connectivity index (χ3n) is 5.28. The summed E-state index contributed by atoms with van der Waals surface area (Å²) in [6.45, 7) is 1.56. The van der Waals surface area contributed by atoms with E-state index in [1.54, 1.807) is 13.0 Å². The van der Waals surface area contributed by atoms with Crippen molar-refractivity contribution in [3.05, 3.63) is 28.8 Å². The first-order valence-corrected chi connectivity index (χ1v) is 10.2. The lowest BCUT2D eigenvalue weighted by atomic mass is 9.74. The molecule has 1 saturated carbocycles. The highest BCUT2D eigenvalue weighted by molar-refractivity contribution is 7.89. The highest BCUT2D eigenvalue weighted by atomic mass is 35.5. The molecule has 0 radical (unpaired) electrons. The summed E-state index contributed by atoms with van der Waals surface area (Å²) < 4.78 is 27.3. The van der Waals surface area contributed by atoms with Crippen LogP contribution in [0.3, 0.4) is 0 Å². The van der Waals surface area contributed by atoms with Gasteiger partial charge in [0.25, 0.3) is 0 Å². The standard InChI is InChI=1S/C17H22ClNO5S/c1-11-8-13(18)4-5-14(11)25(23,24)19-7-6-15(20)17(10-19,16(21)22)9-12-2-3-12/h4-5,8,12,15,20H,2-3,6-7,9-10H2,1H3,(H,21,22)/t15-,17-/m0/s1. The number of carboxylic acid groups (broad SMARTS) is 1. The molecule has 0 bridgehead atoms.